The van der Waals surface area contributed by atoms with Crippen LogP contribution in [-0.4, -0.2) is 95.6 Å². The lowest BCUT2D eigenvalue weighted by Crippen LogP contribution is -2.53. The highest BCUT2D eigenvalue weighted by Gasteiger charge is 2.43. The number of carbonyl (C=O) groups is 3. The molecule has 1 atom stereocenters. The van der Waals surface area contributed by atoms with Gasteiger partial charge in [-0.15, -0.1) is 0 Å². The summed E-state index contributed by atoms with van der Waals surface area (Å²) in [6.07, 6.45) is 5.84. The monoisotopic (exact) mass is 500 g/mol. The summed E-state index contributed by atoms with van der Waals surface area (Å²) in [6, 6.07) is 9.06. The summed E-state index contributed by atoms with van der Waals surface area (Å²) < 4.78 is 6.15. The van der Waals surface area contributed by atoms with Gasteiger partial charge in [0.25, 0.3) is 5.91 Å². The smallest absolute Gasteiger partial charge is 0.271 e. The van der Waals surface area contributed by atoms with Crippen LogP contribution in [-0.2, 0) is 20.7 Å². The number of benzene rings is 1. The van der Waals surface area contributed by atoms with Crippen molar-refractivity contribution in [3.05, 3.63) is 65.0 Å². The minimum Gasteiger partial charge on any atom is -0.471 e. The molecule has 2 aromatic rings. The van der Waals surface area contributed by atoms with E-state index >= 15 is 0 Å². The van der Waals surface area contributed by atoms with Gasteiger partial charge in [0.05, 0.1) is 5.57 Å². The standard InChI is InChI=1S/C29H32N4O4/c34-24-6-4-21-19-22(3-5-23(21)24)25-26(35)28(37-27(25)20-7-9-30-10-8-20)29(36)33-17-15-32(16-18-33)14-13-31-11-1-2-12-31/h3,5,7-10,19,28H,1-2,4,6,11-18H2. The zero-order chi connectivity index (χ0) is 25.4. The van der Waals surface area contributed by atoms with Crippen molar-refractivity contribution < 1.29 is 19.1 Å². The van der Waals surface area contributed by atoms with Crippen LogP contribution in [0.3, 0.4) is 0 Å². The molecule has 0 N–H and O–H groups in total. The number of carbonyl (C=O) groups excluding carboxylic acids is 3. The van der Waals surface area contributed by atoms with Crippen molar-refractivity contribution in [2.24, 2.45) is 0 Å². The van der Waals surface area contributed by atoms with Gasteiger partial charge in [0.1, 0.15) is 5.76 Å². The number of Topliss-reactive ketones (excluding diaryl/α,β-unsaturated/α-hetero) is 2. The highest BCUT2D eigenvalue weighted by Crippen LogP contribution is 2.38. The second kappa shape index (κ2) is 10.2. The Kier molecular flexibility index (Phi) is 6.61. The van der Waals surface area contributed by atoms with Gasteiger partial charge in [-0.05, 0) is 55.6 Å². The summed E-state index contributed by atoms with van der Waals surface area (Å²) in [6.45, 7) is 7.25. The molecule has 4 heterocycles. The van der Waals surface area contributed by atoms with Gasteiger partial charge in [-0.3, -0.25) is 24.3 Å². The Morgan fingerprint density at radius 2 is 1.57 bits per heavy atom. The average Bonchev–Trinajstić information content (AvgIpc) is 3.67. The lowest BCUT2D eigenvalue weighted by Gasteiger charge is -2.36. The minimum absolute atomic E-state index is 0.131. The third-order valence-electron chi connectivity index (χ3n) is 8.04. The second-order valence-electron chi connectivity index (χ2n) is 10.3. The fourth-order valence-electron chi connectivity index (χ4n) is 5.88. The van der Waals surface area contributed by atoms with Crippen LogP contribution in [0, 0.1) is 0 Å². The van der Waals surface area contributed by atoms with Crippen molar-refractivity contribution in [2.75, 3.05) is 52.4 Å². The molecule has 0 radical (unpaired) electrons. The molecule has 2 saturated heterocycles. The molecule has 1 aromatic carbocycles. The van der Waals surface area contributed by atoms with Gasteiger partial charge in [0.2, 0.25) is 11.9 Å². The van der Waals surface area contributed by atoms with E-state index in [1.54, 1.807) is 41.6 Å². The molecule has 4 aliphatic rings. The maximum Gasteiger partial charge on any atom is 0.271 e. The molecular weight excluding hydrogens is 468 g/mol. The molecule has 8 nitrogen and oxygen atoms in total. The predicted molar refractivity (Wildman–Crippen MR) is 139 cm³/mol. The van der Waals surface area contributed by atoms with Crippen LogP contribution in [0.2, 0.25) is 0 Å². The molecule has 1 aromatic heterocycles. The first-order valence-corrected chi connectivity index (χ1v) is 13.3. The average molecular weight is 501 g/mol. The molecule has 6 rings (SSSR count). The van der Waals surface area contributed by atoms with Gasteiger partial charge < -0.3 is 14.5 Å². The van der Waals surface area contributed by atoms with E-state index in [-0.39, 0.29) is 17.5 Å². The Balaban J connectivity index is 1.19. The van der Waals surface area contributed by atoms with Gasteiger partial charge in [-0.25, -0.2) is 0 Å². The van der Waals surface area contributed by atoms with Crippen molar-refractivity contribution >= 4 is 28.8 Å². The molecular formula is C29H32N4O4. The van der Waals surface area contributed by atoms with Crippen molar-refractivity contribution in [1.82, 2.24) is 19.7 Å². The lowest BCUT2D eigenvalue weighted by molar-refractivity contribution is -0.145. The van der Waals surface area contributed by atoms with Crippen molar-refractivity contribution in [3.63, 3.8) is 0 Å². The Morgan fingerprint density at radius 1 is 0.865 bits per heavy atom. The first-order valence-electron chi connectivity index (χ1n) is 13.3. The number of hydrogen-bond donors (Lipinski definition) is 0. The third-order valence-corrected chi connectivity index (χ3v) is 8.04. The van der Waals surface area contributed by atoms with E-state index in [4.69, 9.17) is 4.74 Å². The van der Waals surface area contributed by atoms with Crippen molar-refractivity contribution in [1.29, 1.82) is 0 Å². The Hall–Kier alpha value is -3.36. The van der Waals surface area contributed by atoms with Gasteiger partial charge >= 0.3 is 0 Å². The Labute approximate surface area is 216 Å². The SMILES string of the molecule is O=C1CCc2cc(C3=C(c4ccncc4)OC(C(=O)N4CCN(CCN5CCCC5)CC4)C3=O)ccc21. The topological polar surface area (TPSA) is 83.1 Å². The number of pyridine rings is 1. The Bertz CT molecular complexity index is 1240. The highest BCUT2D eigenvalue weighted by molar-refractivity contribution is 6.36. The molecule has 37 heavy (non-hydrogen) atoms. The molecule has 1 amide bonds. The zero-order valence-electron chi connectivity index (χ0n) is 21.0. The Morgan fingerprint density at radius 3 is 2.30 bits per heavy atom. The summed E-state index contributed by atoms with van der Waals surface area (Å²) in [7, 11) is 0. The van der Waals surface area contributed by atoms with E-state index in [1.165, 1.54) is 25.9 Å². The van der Waals surface area contributed by atoms with E-state index in [2.05, 4.69) is 14.8 Å². The van der Waals surface area contributed by atoms with Crippen LogP contribution < -0.4 is 0 Å². The number of piperazine rings is 1. The molecule has 0 bridgehead atoms. The molecule has 3 aliphatic heterocycles. The van der Waals surface area contributed by atoms with E-state index in [0.717, 1.165) is 37.3 Å². The molecule has 1 unspecified atom stereocenters. The van der Waals surface area contributed by atoms with Gasteiger partial charge in [0, 0.05) is 69.2 Å². The predicted octanol–water partition coefficient (Wildman–Crippen LogP) is 2.29. The van der Waals surface area contributed by atoms with Crippen LogP contribution in [0.5, 0.6) is 0 Å². The maximum atomic E-state index is 13.7. The summed E-state index contributed by atoms with van der Waals surface area (Å²) >= 11 is 0. The first-order chi connectivity index (χ1) is 18.1. The zero-order valence-corrected chi connectivity index (χ0v) is 21.0. The minimum atomic E-state index is -1.19. The number of likely N-dealkylation sites (tertiary alicyclic amines) is 1. The van der Waals surface area contributed by atoms with E-state index in [0.29, 0.717) is 48.4 Å². The first kappa shape index (κ1) is 24.0. The number of nitrogens with zero attached hydrogens (tertiary/aromatic N) is 4. The molecule has 0 saturated carbocycles. The molecule has 0 spiro atoms. The maximum absolute atomic E-state index is 13.7. The fourth-order valence-corrected chi connectivity index (χ4v) is 5.88. The second-order valence-corrected chi connectivity index (χ2v) is 10.3. The van der Waals surface area contributed by atoms with E-state index < -0.39 is 6.10 Å². The number of hydrogen-bond acceptors (Lipinski definition) is 7. The largest absolute Gasteiger partial charge is 0.471 e. The van der Waals surface area contributed by atoms with Crippen LogP contribution in [0.15, 0.2) is 42.7 Å². The summed E-state index contributed by atoms with van der Waals surface area (Å²) in [5, 5.41) is 0. The van der Waals surface area contributed by atoms with E-state index in [1.807, 2.05) is 6.07 Å². The molecule has 8 heteroatoms. The normalized spacial score (nSPS) is 22.6. The summed E-state index contributed by atoms with van der Waals surface area (Å²) in [4.78, 5) is 50.1. The number of fused-ring (bicyclic) bond motifs is 1. The number of aryl methyl sites for hydroxylation is 1. The van der Waals surface area contributed by atoms with Crippen LogP contribution in [0.1, 0.15) is 46.3 Å². The fraction of sp³-hybridized carbons (Fsp3) is 0.448. The van der Waals surface area contributed by atoms with Crippen molar-refractivity contribution in [3.8, 4) is 0 Å². The van der Waals surface area contributed by atoms with Crippen LogP contribution in [0.4, 0.5) is 0 Å². The van der Waals surface area contributed by atoms with Gasteiger partial charge in [-0.1, -0.05) is 18.2 Å². The van der Waals surface area contributed by atoms with Crippen molar-refractivity contribution in [2.45, 2.75) is 31.8 Å². The number of ether oxygens (including phenoxy) is 1. The van der Waals surface area contributed by atoms with E-state index in [9.17, 15) is 14.4 Å². The number of amides is 1. The molecule has 192 valence electrons. The summed E-state index contributed by atoms with van der Waals surface area (Å²) in [5.74, 6) is -0.0644. The molecule has 1 aliphatic carbocycles. The number of ketones is 2. The number of aromatic nitrogens is 1. The quantitative estimate of drug-likeness (QED) is 0.563. The lowest BCUT2D eigenvalue weighted by atomic mass is 9.94. The van der Waals surface area contributed by atoms with Crippen LogP contribution >= 0.6 is 0 Å². The summed E-state index contributed by atoms with van der Waals surface area (Å²) in [5.41, 5.74) is 3.45. The number of rotatable bonds is 6. The van der Waals surface area contributed by atoms with Gasteiger partial charge in [0.15, 0.2) is 5.78 Å². The van der Waals surface area contributed by atoms with Crippen LogP contribution in [0.25, 0.3) is 11.3 Å². The molecule has 2 fully saturated rings. The third kappa shape index (κ3) is 4.71. The highest BCUT2D eigenvalue weighted by atomic mass is 16.5. The van der Waals surface area contributed by atoms with Gasteiger partial charge in [-0.2, -0.15) is 0 Å².